The van der Waals surface area contributed by atoms with Gasteiger partial charge >= 0.3 is 6.09 Å². The molecule has 0 bridgehead atoms. The van der Waals surface area contributed by atoms with E-state index in [4.69, 9.17) is 14.2 Å². The minimum absolute atomic E-state index is 0.0592. The highest BCUT2D eigenvalue weighted by atomic mass is 16.6. The zero-order valence-electron chi connectivity index (χ0n) is 25.2. The van der Waals surface area contributed by atoms with Crippen molar-refractivity contribution < 1.29 is 23.8 Å². The Kier molecular flexibility index (Phi) is 9.52. The van der Waals surface area contributed by atoms with Crippen LogP contribution in [0.3, 0.4) is 0 Å². The largest absolute Gasteiger partial charge is 0.443 e. The van der Waals surface area contributed by atoms with E-state index in [1.165, 1.54) is 17.0 Å². The van der Waals surface area contributed by atoms with E-state index in [0.29, 0.717) is 13.2 Å². The molecule has 13 nitrogen and oxygen atoms in total. The lowest BCUT2D eigenvalue weighted by atomic mass is 9.89. The number of carbonyl (C=O) groups is 2. The number of hydrogen-bond donors (Lipinski definition) is 2. The van der Waals surface area contributed by atoms with Crippen LogP contribution in [0.1, 0.15) is 59.4 Å². The fourth-order valence-corrected chi connectivity index (χ4v) is 4.86. The van der Waals surface area contributed by atoms with Crippen LogP contribution in [0.25, 0.3) is 0 Å². The van der Waals surface area contributed by atoms with Crippen molar-refractivity contribution >= 4 is 30.2 Å². The standard InChI is InChI=1S/C29H41N7O6/c1-18(26(37)32-20-12-13-22(20)40-7)25-33-23(16-24(36(25)30-5)34(6)28(39)42-29(2,3)4)31-21-11-8-14-35(27(21)38)19-10-9-15-41-17-19/h8,11,14,16,19-20,22H,5,9-10,12-13,15,17H2,1-4,6-7H3,(H,31,33)(H,32,37)/b25-18+/t19-,20?,22-/m1/s1. The molecule has 3 atom stereocenters. The van der Waals surface area contributed by atoms with E-state index < -0.39 is 11.7 Å². The molecule has 2 aliphatic heterocycles. The van der Waals surface area contributed by atoms with Crippen LogP contribution in [0.2, 0.25) is 0 Å². The number of carbonyl (C=O) groups excluding carboxylic acids is 2. The summed E-state index contributed by atoms with van der Waals surface area (Å²) < 4.78 is 18.2. The Labute approximate surface area is 245 Å². The van der Waals surface area contributed by atoms with Crippen molar-refractivity contribution in [3.63, 3.8) is 0 Å². The fraction of sp³-hybridized carbons (Fsp3) is 0.552. The lowest BCUT2D eigenvalue weighted by Gasteiger charge is -2.36. The highest BCUT2D eigenvalue weighted by molar-refractivity contribution is 6.06. The number of hydrazone groups is 1. The summed E-state index contributed by atoms with van der Waals surface area (Å²) in [5.74, 6) is 0.196. The summed E-state index contributed by atoms with van der Waals surface area (Å²) in [5, 5.41) is 11.5. The highest BCUT2D eigenvalue weighted by Gasteiger charge is 2.35. The Bertz CT molecular complexity index is 1350. The van der Waals surface area contributed by atoms with E-state index in [9.17, 15) is 14.4 Å². The van der Waals surface area contributed by atoms with Crippen molar-refractivity contribution in [1.29, 1.82) is 0 Å². The number of anilines is 1. The van der Waals surface area contributed by atoms with E-state index >= 15 is 0 Å². The van der Waals surface area contributed by atoms with Crippen LogP contribution in [0.5, 0.6) is 0 Å². The molecule has 2 amide bonds. The number of nitrogens with zero attached hydrogens (tertiary/aromatic N) is 5. The Morgan fingerprint density at radius 3 is 2.62 bits per heavy atom. The van der Waals surface area contributed by atoms with Crippen molar-refractivity contribution in [2.45, 2.75) is 77.2 Å². The average Bonchev–Trinajstić information content (AvgIpc) is 2.94. The second-order valence-corrected chi connectivity index (χ2v) is 11.5. The number of aliphatic imine (C=N–C) groups is 1. The van der Waals surface area contributed by atoms with Gasteiger partial charge in [0, 0.05) is 39.8 Å². The number of amides is 2. The molecule has 13 heteroatoms. The Morgan fingerprint density at radius 1 is 1.26 bits per heavy atom. The van der Waals surface area contributed by atoms with E-state index in [-0.39, 0.29) is 58.4 Å². The molecule has 0 spiro atoms. The van der Waals surface area contributed by atoms with Gasteiger partial charge in [0.05, 0.1) is 30.4 Å². The lowest BCUT2D eigenvalue weighted by Crippen LogP contribution is -2.51. The number of rotatable bonds is 7. The minimum Gasteiger partial charge on any atom is -0.443 e. The third kappa shape index (κ3) is 6.90. The molecule has 42 heavy (non-hydrogen) atoms. The van der Waals surface area contributed by atoms with Crippen LogP contribution >= 0.6 is 0 Å². The molecule has 2 fully saturated rings. The molecule has 3 aliphatic rings. The molecule has 4 rings (SSSR count). The smallest absolute Gasteiger partial charge is 0.415 e. The summed E-state index contributed by atoms with van der Waals surface area (Å²) in [6.45, 7) is 11.7. The van der Waals surface area contributed by atoms with Crippen LogP contribution in [0.15, 0.2) is 56.5 Å². The van der Waals surface area contributed by atoms with E-state index in [0.717, 1.165) is 25.7 Å². The summed E-state index contributed by atoms with van der Waals surface area (Å²) in [5.41, 5.74) is -0.492. The number of amidine groups is 1. The van der Waals surface area contributed by atoms with Crippen molar-refractivity contribution in [2.24, 2.45) is 10.1 Å². The first-order chi connectivity index (χ1) is 19.9. The molecule has 1 aromatic heterocycles. The van der Waals surface area contributed by atoms with Crippen molar-refractivity contribution in [3.8, 4) is 0 Å². The van der Waals surface area contributed by atoms with E-state index in [2.05, 4.69) is 27.4 Å². The van der Waals surface area contributed by atoms with Crippen molar-refractivity contribution in [1.82, 2.24) is 19.8 Å². The monoisotopic (exact) mass is 583 g/mol. The lowest BCUT2D eigenvalue weighted by molar-refractivity contribution is -0.120. The first-order valence-corrected chi connectivity index (χ1v) is 14.1. The third-order valence-corrected chi connectivity index (χ3v) is 7.34. The van der Waals surface area contributed by atoms with Gasteiger partial charge in [0.25, 0.3) is 11.5 Å². The maximum atomic E-state index is 13.4. The summed E-state index contributed by atoms with van der Waals surface area (Å²) in [4.78, 5) is 45.7. The normalized spacial score (nSPS) is 23.6. The zero-order valence-corrected chi connectivity index (χ0v) is 25.2. The second-order valence-electron chi connectivity index (χ2n) is 11.5. The molecule has 1 aliphatic carbocycles. The summed E-state index contributed by atoms with van der Waals surface area (Å²) in [7, 11) is 3.13. The predicted octanol–water partition coefficient (Wildman–Crippen LogP) is 3.17. The van der Waals surface area contributed by atoms with Gasteiger partial charge in [-0.2, -0.15) is 10.1 Å². The van der Waals surface area contributed by atoms with Gasteiger partial charge in [0.2, 0.25) is 0 Å². The van der Waals surface area contributed by atoms with Crippen LogP contribution in [-0.2, 0) is 19.0 Å². The van der Waals surface area contributed by atoms with Gasteiger partial charge in [0.15, 0.2) is 5.82 Å². The quantitative estimate of drug-likeness (QED) is 0.369. The molecule has 228 valence electrons. The van der Waals surface area contributed by atoms with E-state index in [1.54, 1.807) is 63.8 Å². The molecule has 0 radical (unpaired) electrons. The number of hydrogen-bond acceptors (Lipinski definition) is 10. The third-order valence-electron chi connectivity index (χ3n) is 7.34. The van der Waals surface area contributed by atoms with Gasteiger partial charge in [-0.05, 0) is 65.5 Å². The SMILES string of the molecule is C=NN1C(N(C)C(=O)OC(C)(C)C)=CC(Nc2cccn([C@@H]3CCCOC3)c2=O)=N/C1=C(/C)C(=O)NC1CC[C@H]1OC. The molecule has 1 saturated carbocycles. The average molecular weight is 584 g/mol. The number of pyridine rings is 1. The van der Waals surface area contributed by atoms with Crippen LogP contribution in [0, 0.1) is 0 Å². The van der Waals surface area contributed by atoms with Crippen LogP contribution < -0.4 is 16.2 Å². The molecular weight excluding hydrogens is 542 g/mol. The Balaban J connectivity index is 1.72. The van der Waals surface area contributed by atoms with Crippen molar-refractivity contribution in [2.75, 3.05) is 32.7 Å². The molecule has 3 heterocycles. The van der Waals surface area contributed by atoms with Gasteiger partial charge in [-0.15, -0.1) is 0 Å². The number of nitrogens with one attached hydrogen (secondary N) is 2. The van der Waals surface area contributed by atoms with Gasteiger partial charge in [-0.1, -0.05) is 0 Å². The van der Waals surface area contributed by atoms with Crippen molar-refractivity contribution in [3.05, 3.63) is 52.0 Å². The van der Waals surface area contributed by atoms with Gasteiger partial charge in [-0.25, -0.2) is 9.79 Å². The molecule has 1 saturated heterocycles. The number of ether oxygens (including phenoxy) is 3. The van der Waals surface area contributed by atoms with E-state index in [1.807, 2.05) is 0 Å². The van der Waals surface area contributed by atoms with Gasteiger partial charge in [0.1, 0.15) is 22.9 Å². The molecule has 0 aromatic carbocycles. The zero-order chi connectivity index (χ0) is 30.6. The second kappa shape index (κ2) is 12.9. The number of aromatic nitrogens is 1. The topological polar surface area (TPSA) is 139 Å². The molecule has 1 unspecified atom stereocenters. The van der Waals surface area contributed by atoms with Crippen LogP contribution in [0.4, 0.5) is 10.5 Å². The van der Waals surface area contributed by atoms with Gasteiger partial charge in [-0.3, -0.25) is 14.5 Å². The Hall–Kier alpha value is -3.97. The number of methoxy groups -OCH3 is 1. The highest BCUT2D eigenvalue weighted by Crippen LogP contribution is 2.28. The summed E-state index contributed by atoms with van der Waals surface area (Å²) >= 11 is 0. The first-order valence-electron chi connectivity index (χ1n) is 14.1. The first kappa shape index (κ1) is 31.0. The molecule has 2 N–H and O–H groups in total. The molecular formula is C29H41N7O6. The summed E-state index contributed by atoms with van der Waals surface area (Å²) in [6.07, 6.45) is 5.93. The molecule has 1 aromatic rings. The predicted molar refractivity (Wildman–Crippen MR) is 159 cm³/mol. The maximum absolute atomic E-state index is 13.4. The van der Waals surface area contributed by atoms with Crippen LogP contribution in [-0.4, -0.2) is 84.1 Å². The summed E-state index contributed by atoms with van der Waals surface area (Å²) in [6, 6.07) is 3.23. The Morgan fingerprint density at radius 2 is 2.02 bits per heavy atom. The minimum atomic E-state index is -0.755. The maximum Gasteiger partial charge on any atom is 0.415 e. The van der Waals surface area contributed by atoms with Gasteiger partial charge < -0.3 is 29.4 Å². The fourth-order valence-electron chi connectivity index (χ4n) is 4.86.